The number of pyridine rings is 1. The molecule has 5 nitrogen and oxygen atoms in total. The molecule has 0 aliphatic heterocycles. The van der Waals surface area contributed by atoms with E-state index in [1.54, 1.807) is 7.11 Å². The number of amides is 1. The van der Waals surface area contributed by atoms with Gasteiger partial charge in [0.05, 0.1) is 12.3 Å². The number of nitrogens with zero attached hydrogens (tertiary/aromatic N) is 1. The maximum atomic E-state index is 12.9. The third kappa shape index (κ3) is 3.25. The van der Waals surface area contributed by atoms with Gasteiger partial charge in [-0.25, -0.2) is 4.98 Å². The summed E-state index contributed by atoms with van der Waals surface area (Å²) in [6, 6.07) is 15.8. The van der Waals surface area contributed by atoms with Crippen LogP contribution in [0.3, 0.4) is 0 Å². The molecule has 0 saturated heterocycles. The second-order valence-corrected chi connectivity index (χ2v) is 7.40. The summed E-state index contributed by atoms with van der Waals surface area (Å²) in [7, 11) is 1.64. The summed E-state index contributed by atoms with van der Waals surface area (Å²) < 4.78 is 5.27. The van der Waals surface area contributed by atoms with Crippen molar-refractivity contribution in [2.45, 2.75) is 13.5 Å². The predicted octanol–water partition coefficient (Wildman–Crippen LogP) is 4.74. The number of nitrogen functional groups attached to an aromatic ring is 1. The van der Waals surface area contributed by atoms with Crippen molar-refractivity contribution in [3.8, 4) is 0 Å². The molecule has 0 aliphatic carbocycles. The number of carbonyl (C=O) groups excluding carboxylic acids is 1. The summed E-state index contributed by atoms with van der Waals surface area (Å²) in [4.78, 5) is 18.6. The van der Waals surface area contributed by atoms with E-state index in [1.165, 1.54) is 11.3 Å². The first kappa shape index (κ1) is 17.5. The fraction of sp³-hybridized carbons (Fsp3) is 0.143. The maximum absolute atomic E-state index is 12.9. The number of hydrogen-bond acceptors (Lipinski definition) is 5. The van der Waals surface area contributed by atoms with E-state index in [-0.39, 0.29) is 5.91 Å². The van der Waals surface area contributed by atoms with E-state index < -0.39 is 0 Å². The predicted molar refractivity (Wildman–Crippen MR) is 111 cm³/mol. The summed E-state index contributed by atoms with van der Waals surface area (Å²) in [5.41, 5.74) is 9.32. The van der Waals surface area contributed by atoms with Crippen molar-refractivity contribution in [2.75, 3.05) is 18.2 Å². The Morgan fingerprint density at radius 1 is 1.19 bits per heavy atom. The SMILES string of the molecule is COCc1cc(C)nc2sc(C(=O)Nc3ccc4ccccc4c3)c(N)c12. The molecular formula is C21H19N3O2S. The molecule has 0 saturated carbocycles. The maximum Gasteiger partial charge on any atom is 0.267 e. The standard InChI is InChI=1S/C21H19N3O2S/c1-12-9-15(11-26-2)17-18(22)19(27-21(17)23-12)20(25)24-16-8-7-13-5-3-4-6-14(13)10-16/h3-10H,11,22H2,1-2H3,(H,24,25). The number of nitrogens with two attached hydrogens (primary N) is 1. The number of aryl methyl sites for hydroxylation is 1. The molecule has 0 atom stereocenters. The van der Waals surface area contributed by atoms with Crippen LogP contribution in [-0.4, -0.2) is 18.0 Å². The van der Waals surface area contributed by atoms with Crippen LogP contribution < -0.4 is 11.1 Å². The Bertz CT molecular complexity index is 1170. The Hall–Kier alpha value is -2.96. The topological polar surface area (TPSA) is 77.2 Å². The summed E-state index contributed by atoms with van der Waals surface area (Å²) in [5, 5.41) is 5.95. The van der Waals surface area contributed by atoms with Crippen LogP contribution in [0.2, 0.25) is 0 Å². The summed E-state index contributed by atoms with van der Waals surface area (Å²) >= 11 is 1.31. The fourth-order valence-electron chi connectivity index (χ4n) is 3.23. The molecular weight excluding hydrogens is 358 g/mol. The molecule has 0 unspecified atom stereocenters. The van der Waals surface area contributed by atoms with Crippen LogP contribution >= 0.6 is 11.3 Å². The molecule has 4 rings (SSSR count). The Morgan fingerprint density at radius 2 is 1.96 bits per heavy atom. The molecule has 0 spiro atoms. The van der Waals surface area contributed by atoms with Crippen LogP contribution in [-0.2, 0) is 11.3 Å². The zero-order valence-corrected chi connectivity index (χ0v) is 15.9. The lowest BCUT2D eigenvalue weighted by Crippen LogP contribution is -2.12. The third-order valence-electron chi connectivity index (χ3n) is 4.42. The molecule has 0 radical (unpaired) electrons. The lowest BCUT2D eigenvalue weighted by atomic mass is 10.1. The van der Waals surface area contributed by atoms with Gasteiger partial charge in [0.1, 0.15) is 9.71 Å². The molecule has 2 aromatic carbocycles. The third-order valence-corrected chi connectivity index (χ3v) is 5.52. The van der Waals surface area contributed by atoms with E-state index in [0.29, 0.717) is 17.2 Å². The van der Waals surface area contributed by atoms with E-state index in [4.69, 9.17) is 10.5 Å². The molecule has 0 bridgehead atoms. The normalized spacial score (nSPS) is 11.2. The molecule has 136 valence electrons. The van der Waals surface area contributed by atoms with E-state index in [2.05, 4.69) is 10.3 Å². The molecule has 2 aromatic heterocycles. The number of ether oxygens (including phenoxy) is 1. The highest BCUT2D eigenvalue weighted by Gasteiger charge is 2.20. The number of aromatic nitrogens is 1. The number of nitrogens with one attached hydrogen (secondary N) is 1. The van der Waals surface area contributed by atoms with Gasteiger partial charge in [0, 0.05) is 23.9 Å². The molecule has 3 N–H and O–H groups in total. The molecule has 0 aliphatic rings. The first-order valence-electron chi connectivity index (χ1n) is 8.54. The molecule has 27 heavy (non-hydrogen) atoms. The number of benzene rings is 2. The molecule has 4 aromatic rings. The first-order chi connectivity index (χ1) is 13.1. The fourth-order valence-corrected chi connectivity index (χ4v) is 4.31. The van der Waals surface area contributed by atoms with Crippen LogP contribution in [0.15, 0.2) is 48.5 Å². The van der Waals surface area contributed by atoms with Crippen LogP contribution in [0.1, 0.15) is 20.9 Å². The highest BCUT2D eigenvalue weighted by atomic mass is 32.1. The summed E-state index contributed by atoms with van der Waals surface area (Å²) in [5.74, 6) is -0.230. The van der Waals surface area contributed by atoms with E-state index in [0.717, 1.165) is 37.9 Å². The quantitative estimate of drug-likeness (QED) is 0.538. The number of thiophene rings is 1. The van der Waals surface area contributed by atoms with Crippen LogP contribution in [0, 0.1) is 6.92 Å². The molecule has 0 fully saturated rings. The molecule has 6 heteroatoms. The number of anilines is 2. The summed E-state index contributed by atoms with van der Waals surface area (Å²) in [6.07, 6.45) is 0. The Balaban J connectivity index is 1.71. The monoisotopic (exact) mass is 377 g/mol. The van der Waals surface area contributed by atoms with Gasteiger partial charge in [-0.15, -0.1) is 11.3 Å². The molecule has 1 amide bonds. The number of carbonyl (C=O) groups is 1. The van der Waals surface area contributed by atoms with Gasteiger partial charge in [0.2, 0.25) is 0 Å². The second-order valence-electron chi connectivity index (χ2n) is 6.40. The van der Waals surface area contributed by atoms with Gasteiger partial charge < -0.3 is 15.8 Å². The minimum atomic E-state index is -0.230. The van der Waals surface area contributed by atoms with Crippen molar-refractivity contribution < 1.29 is 9.53 Å². The van der Waals surface area contributed by atoms with Gasteiger partial charge in [-0.05, 0) is 41.5 Å². The minimum absolute atomic E-state index is 0.230. The van der Waals surface area contributed by atoms with Crippen molar-refractivity contribution in [3.05, 3.63) is 64.7 Å². The number of methoxy groups -OCH3 is 1. The number of rotatable bonds is 4. The van der Waals surface area contributed by atoms with Crippen LogP contribution in [0.25, 0.3) is 21.0 Å². The first-order valence-corrected chi connectivity index (χ1v) is 9.36. The number of hydrogen-bond donors (Lipinski definition) is 2. The van der Waals surface area contributed by atoms with Gasteiger partial charge in [-0.1, -0.05) is 30.3 Å². The second kappa shape index (κ2) is 6.98. The van der Waals surface area contributed by atoms with E-state index in [9.17, 15) is 4.79 Å². The van der Waals surface area contributed by atoms with Crippen molar-refractivity contribution in [1.29, 1.82) is 0 Å². The smallest absolute Gasteiger partial charge is 0.267 e. The van der Waals surface area contributed by atoms with E-state index in [1.807, 2.05) is 55.5 Å². The Kier molecular flexibility index (Phi) is 4.51. The largest absolute Gasteiger partial charge is 0.397 e. The highest BCUT2D eigenvalue weighted by molar-refractivity contribution is 7.21. The van der Waals surface area contributed by atoms with E-state index >= 15 is 0 Å². The van der Waals surface area contributed by atoms with Crippen molar-refractivity contribution in [1.82, 2.24) is 4.98 Å². The zero-order chi connectivity index (χ0) is 19.0. The van der Waals surface area contributed by atoms with Crippen LogP contribution in [0.5, 0.6) is 0 Å². The average molecular weight is 377 g/mol. The van der Waals surface area contributed by atoms with Gasteiger partial charge >= 0.3 is 0 Å². The number of fused-ring (bicyclic) bond motifs is 2. The van der Waals surface area contributed by atoms with Gasteiger partial charge in [0.25, 0.3) is 5.91 Å². The van der Waals surface area contributed by atoms with Crippen LogP contribution in [0.4, 0.5) is 11.4 Å². The van der Waals surface area contributed by atoms with Crippen molar-refractivity contribution in [3.63, 3.8) is 0 Å². The zero-order valence-electron chi connectivity index (χ0n) is 15.1. The van der Waals surface area contributed by atoms with Crippen molar-refractivity contribution >= 4 is 49.6 Å². The van der Waals surface area contributed by atoms with Crippen molar-refractivity contribution in [2.24, 2.45) is 0 Å². The van der Waals surface area contributed by atoms with Gasteiger partial charge in [-0.2, -0.15) is 0 Å². The average Bonchev–Trinajstić information content (AvgIpc) is 2.98. The minimum Gasteiger partial charge on any atom is -0.397 e. The van der Waals surface area contributed by atoms with Gasteiger partial charge in [-0.3, -0.25) is 4.79 Å². The Morgan fingerprint density at radius 3 is 2.74 bits per heavy atom. The molecule has 2 heterocycles. The highest BCUT2D eigenvalue weighted by Crippen LogP contribution is 2.36. The summed E-state index contributed by atoms with van der Waals surface area (Å²) in [6.45, 7) is 2.34. The Labute approximate surface area is 160 Å². The lowest BCUT2D eigenvalue weighted by molar-refractivity contribution is 0.103. The lowest BCUT2D eigenvalue weighted by Gasteiger charge is -2.07. The van der Waals surface area contributed by atoms with Gasteiger partial charge in [0.15, 0.2) is 0 Å².